The maximum Gasteiger partial charge on any atom is 0.227 e. The van der Waals surface area contributed by atoms with E-state index in [-0.39, 0.29) is 11.8 Å². The molecule has 1 saturated carbocycles. The highest BCUT2D eigenvalue weighted by Crippen LogP contribution is 2.65. The standard InChI is InChI=1S/C25H28N2O4/c28-23(26-11-15-30-16-12-26)21-22(24(29)27-13-17-31-18-14-27)25(21,19-7-3-1-4-8-19)20-9-5-2-6-10-20/h1-10,21-22H,11-18H2. The number of hydrogen-bond donors (Lipinski definition) is 0. The summed E-state index contributed by atoms with van der Waals surface area (Å²) in [6.07, 6.45) is 0. The molecule has 2 unspecified atom stereocenters. The zero-order chi connectivity index (χ0) is 21.3. The second-order valence-corrected chi connectivity index (χ2v) is 8.43. The number of hydrogen-bond acceptors (Lipinski definition) is 4. The van der Waals surface area contributed by atoms with E-state index in [1.807, 2.05) is 46.2 Å². The van der Waals surface area contributed by atoms with Crippen LogP contribution >= 0.6 is 0 Å². The van der Waals surface area contributed by atoms with Crippen LogP contribution in [0.25, 0.3) is 0 Å². The van der Waals surface area contributed by atoms with E-state index in [4.69, 9.17) is 9.47 Å². The fraction of sp³-hybridized carbons (Fsp3) is 0.440. The van der Waals surface area contributed by atoms with Gasteiger partial charge in [0.2, 0.25) is 11.8 Å². The summed E-state index contributed by atoms with van der Waals surface area (Å²) >= 11 is 0. The molecular weight excluding hydrogens is 392 g/mol. The van der Waals surface area contributed by atoms with Crippen LogP contribution in [-0.4, -0.2) is 74.2 Å². The maximum atomic E-state index is 13.8. The number of rotatable bonds is 4. The second kappa shape index (κ2) is 8.44. The molecule has 2 aromatic carbocycles. The first kappa shape index (κ1) is 20.2. The van der Waals surface area contributed by atoms with E-state index in [1.54, 1.807) is 0 Å². The van der Waals surface area contributed by atoms with Gasteiger partial charge in [-0.25, -0.2) is 0 Å². The molecule has 0 bridgehead atoms. The van der Waals surface area contributed by atoms with E-state index in [0.29, 0.717) is 52.6 Å². The number of carbonyl (C=O) groups excluding carboxylic acids is 2. The minimum absolute atomic E-state index is 0.0580. The third kappa shape index (κ3) is 3.44. The fourth-order valence-electron chi connectivity index (χ4n) is 5.34. The molecule has 3 aliphatic rings. The van der Waals surface area contributed by atoms with Gasteiger partial charge in [-0.15, -0.1) is 0 Å². The molecule has 2 saturated heterocycles. The molecule has 3 fully saturated rings. The van der Waals surface area contributed by atoms with Gasteiger partial charge in [-0.1, -0.05) is 60.7 Å². The number of benzene rings is 2. The average Bonchev–Trinajstić information content (AvgIpc) is 3.56. The third-order valence-electron chi connectivity index (χ3n) is 6.89. The first-order valence-electron chi connectivity index (χ1n) is 11.1. The lowest BCUT2D eigenvalue weighted by atomic mass is 9.83. The third-order valence-corrected chi connectivity index (χ3v) is 6.89. The molecular formula is C25H28N2O4. The molecule has 2 heterocycles. The molecule has 5 rings (SSSR count). The molecule has 0 spiro atoms. The van der Waals surface area contributed by atoms with Crippen molar-refractivity contribution in [2.75, 3.05) is 52.6 Å². The summed E-state index contributed by atoms with van der Waals surface area (Å²) in [7, 11) is 0. The highest BCUT2D eigenvalue weighted by Gasteiger charge is 2.73. The summed E-state index contributed by atoms with van der Waals surface area (Å²) in [6, 6.07) is 20.1. The number of nitrogens with zero attached hydrogens (tertiary/aromatic N) is 2. The number of ether oxygens (including phenoxy) is 2. The quantitative estimate of drug-likeness (QED) is 0.759. The van der Waals surface area contributed by atoms with Crippen molar-refractivity contribution in [3.63, 3.8) is 0 Å². The van der Waals surface area contributed by atoms with Gasteiger partial charge in [-0.05, 0) is 11.1 Å². The Morgan fingerprint density at radius 3 is 1.35 bits per heavy atom. The van der Waals surface area contributed by atoms with Crippen LogP contribution in [-0.2, 0) is 24.5 Å². The molecule has 0 radical (unpaired) electrons. The number of carbonyl (C=O) groups is 2. The largest absolute Gasteiger partial charge is 0.378 e. The Kier molecular flexibility index (Phi) is 5.50. The number of morpholine rings is 2. The maximum absolute atomic E-state index is 13.8. The zero-order valence-electron chi connectivity index (χ0n) is 17.6. The molecule has 0 N–H and O–H groups in total. The van der Waals surface area contributed by atoms with E-state index < -0.39 is 17.3 Å². The normalized spacial score (nSPS) is 25.2. The van der Waals surface area contributed by atoms with Gasteiger partial charge in [-0.2, -0.15) is 0 Å². The van der Waals surface area contributed by atoms with Gasteiger partial charge in [0, 0.05) is 31.6 Å². The first-order chi connectivity index (χ1) is 15.2. The van der Waals surface area contributed by atoms with E-state index in [9.17, 15) is 9.59 Å². The van der Waals surface area contributed by atoms with Gasteiger partial charge < -0.3 is 19.3 Å². The van der Waals surface area contributed by atoms with E-state index >= 15 is 0 Å². The van der Waals surface area contributed by atoms with Crippen LogP contribution in [0.5, 0.6) is 0 Å². The highest BCUT2D eigenvalue weighted by molar-refractivity contribution is 5.98. The van der Waals surface area contributed by atoms with E-state index in [0.717, 1.165) is 11.1 Å². The van der Waals surface area contributed by atoms with Crippen LogP contribution in [0.1, 0.15) is 11.1 Å². The van der Waals surface area contributed by atoms with Gasteiger partial charge in [0.25, 0.3) is 0 Å². The van der Waals surface area contributed by atoms with Crippen LogP contribution in [0.3, 0.4) is 0 Å². The molecule has 2 aliphatic heterocycles. The molecule has 31 heavy (non-hydrogen) atoms. The van der Waals surface area contributed by atoms with E-state index in [1.165, 1.54) is 0 Å². The first-order valence-corrected chi connectivity index (χ1v) is 11.1. The van der Waals surface area contributed by atoms with Crippen LogP contribution in [0.15, 0.2) is 60.7 Å². The lowest BCUT2D eigenvalue weighted by Crippen LogP contribution is -2.44. The van der Waals surface area contributed by atoms with E-state index in [2.05, 4.69) is 24.3 Å². The van der Waals surface area contributed by atoms with Crippen molar-refractivity contribution in [1.82, 2.24) is 9.80 Å². The van der Waals surface area contributed by atoms with Gasteiger partial charge >= 0.3 is 0 Å². The van der Waals surface area contributed by atoms with Crippen LogP contribution in [0.4, 0.5) is 0 Å². The molecule has 1 aliphatic carbocycles. The molecule has 6 heteroatoms. The molecule has 0 aromatic heterocycles. The summed E-state index contributed by atoms with van der Waals surface area (Å²) in [5, 5.41) is 0. The predicted octanol–water partition coefficient (Wildman–Crippen LogP) is 1.94. The van der Waals surface area contributed by atoms with Crippen molar-refractivity contribution >= 4 is 11.8 Å². The van der Waals surface area contributed by atoms with Crippen molar-refractivity contribution in [3.8, 4) is 0 Å². The predicted molar refractivity (Wildman–Crippen MR) is 115 cm³/mol. The fourth-order valence-corrected chi connectivity index (χ4v) is 5.34. The smallest absolute Gasteiger partial charge is 0.227 e. The average molecular weight is 421 g/mol. The Morgan fingerprint density at radius 1 is 0.645 bits per heavy atom. The molecule has 6 nitrogen and oxygen atoms in total. The summed E-state index contributed by atoms with van der Waals surface area (Å²) in [5.74, 6) is -0.707. The van der Waals surface area contributed by atoms with Gasteiger partial charge in [0.15, 0.2) is 0 Å². The molecule has 162 valence electrons. The lowest BCUT2D eigenvalue weighted by molar-refractivity contribution is -0.142. The minimum atomic E-state index is -0.646. The summed E-state index contributed by atoms with van der Waals surface area (Å²) < 4.78 is 10.9. The van der Waals surface area contributed by atoms with Crippen LogP contribution in [0, 0.1) is 11.8 Å². The molecule has 2 aromatic rings. The lowest BCUT2D eigenvalue weighted by Gasteiger charge is -2.28. The molecule has 2 atom stereocenters. The summed E-state index contributed by atoms with van der Waals surface area (Å²) in [5.41, 5.74) is 1.41. The zero-order valence-corrected chi connectivity index (χ0v) is 17.6. The van der Waals surface area contributed by atoms with Crippen molar-refractivity contribution in [2.45, 2.75) is 5.41 Å². The van der Waals surface area contributed by atoms with Crippen molar-refractivity contribution < 1.29 is 19.1 Å². The second-order valence-electron chi connectivity index (χ2n) is 8.43. The number of amides is 2. The van der Waals surface area contributed by atoms with Crippen molar-refractivity contribution in [1.29, 1.82) is 0 Å². The van der Waals surface area contributed by atoms with Crippen LogP contribution in [0.2, 0.25) is 0 Å². The Hall–Kier alpha value is -2.70. The van der Waals surface area contributed by atoms with Crippen molar-refractivity contribution in [3.05, 3.63) is 71.8 Å². The minimum Gasteiger partial charge on any atom is -0.378 e. The van der Waals surface area contributed by atoms with Gasteiger partial charge in [0.05, 0.1) is 38.3 Å². The SMILES string of the molecule is O=C(C1C(C(=O)N2CCOCC2)C1(c1ccccc1)c1ccccc1)N1CCOCC1. The summed E-state index contributed by atoms with van der Waals surface area (Å²) in [6.45, 7) is 4.49. The Labute approximate surface area is 182 Å². The Balaban J connectivity index is 1.59. The van der Waals surface area contributed by atoms with Crippen molar-refractivity contribution in [2.24, 2.45) is 11.8 Å². The topological polar surface area (TPSA) is 59.1 Å². The Bertz CT molecular complexity index is 844. The monoisotopic (exact) mass is 420 g/mol. The molecule has 2 amide bonds. The highest BCUT2D eigenvalue weighted by atomic mass is 16.5. The van der Waals surface area contributed by atoms with Gasteiger partial charge in [0.1, 0.15) is 0 Å². The van der Waals surface area contributed by atoms with Gasteiger partial charge in [-0.3, -0.25) is 9.59 Å². The Morgan fingerprint density at radius 2 is 1.00 bits per heavy atom. The summed E-state index contributed by atoms with van der Waals surface area (Å²) in [4.78, 5) is 31.3. The van der Waals surface area contributed by atoms with Crippen LogP contribution < -0.4 is 0 Å².